The predicted molar refractivity (Wildman–Crippen MR) is 319 cm³/mol. The van der Waals surface area contributed by atoms with E-state index in [4.69, 9.17) is 11.3 Å². The summed E-state index contributed by atoms with van der Waals surface area (Å²) in [5, 5.41) is 3.18. The van der Waals surface area contributed by atoms with Crippen LogP contribution in [-0.2, 0) is 14.3 Å². The number of aldehydes is 1. The predicted octanol–water partition coefficient (Wildman–Crippen LogP) is 21.1. The normalized spacial score (nSPS) is 15.4. The van der Waals surface area contributed by atoms with E-state index in [2.05, 4.69) is 109 Å². The van der Waals surface area contributed by atoms with Gasteiger partial charge in [-0.3, -0.25) is 4.79 Å². The number of nitrogens with one attached hydrogen (secondary N) is 1. The third-order valence-electron chi connectivity index (χ3n) is 13.7. The molecule has 0 bridgehead atoms. The zero-order valence-corrected chi connectivity index (χ0v) is 56.6. The van der Waals surface area contributed by atoms with Gasteiger partial charge in [0.25, 0.3) is 0 Å². The molecule has 2 saturated heterocycles. The average molecular weight is 1260 g/mol. The quantitative estimate of drug-likeness (QED) is 0.0757. The van der Waals surface area contributed by atoms with E-state index in [9.17, 15) is 18.4 Å². The van der Waals surface area contributed by atoms with Crippen molar-refractivity contribution in [2.24, 2.45) is 29.1 Å². The molecule has 436 valence electrons. The second kappa shape index (κ2) is 66.9. The summed E-state index contributed by atoms with van der Waals surface area (Å²) < 4.78 is 31.6. The molecule has 3 unspecified atom stereocenters. The number of amides is 1. The largest absolute Gasteiger partial charge is 0.497 e. The van der Waals surface area contributed by atoms with Gasteiger partial charge in [-0.2, -0.15) is 6.20 Å². The monoisotopic (exact) mass is 1260 g/mol. The maximum atomic E-state index is 13.7. The second-order valence-corrected chi connectivity index (χ2v) is 21.0. The molecular weight excluding hydrogens is 1130 g/mol. The van der Waals surface area contributed by atoms with Gasteiger partial charge in [0.05, 0.1) is 0 Å². The molecule has 1 aliphatic carbocycles. The smallest absolute Gasteiger partial charge is 0.209 e. The van der Waals surface area contributed by atoms with Gasteiger partial charge in [0.15, 0.2) is 0 Å². The first-order chi connectivity index (χ1) is 34.5. The molecule has 1 aromatic carbocycles. The fraction of sp³-hybridized carbons (Fsp3) is 0.846. The third kappa shape index (κ3) is 63.2. The van der Waals surface area contributed by atoms with Gasteiger partial charge in [0.1, 0.15) is 17.9 Å². The minimum absolute atomic E-state index is 0. The molecule has 3 fully saturated rings. The Morgan fingerprint density at radius 2 is 1.21 bits per heavy atom. The topological polar surface area (TPSA) is 58.6 Å². The molecule has 2 heterocycles. The van der Waals surface area contributed by atoms with Crippen LogP contribution >= 0.6 is 0 Å². The molecule has 1 amide bonds. The number of carbonyl (C=O) groups excluding carboxylic acids is 2. The number of hydrogen-bond acceptors (Lipinski definition) is 4. The van der Waals surface area contributed by atoms with E-state index in [-0.39, 0.29) is 37.0 Å². The molecule has 2 aliphatic heterocycles. The van der Waals surface area contributed by atoms with Crippen LogP contribution in [0.1, 0.15) is 304 Å². The summed E-state index contributed by atoms with van der Waals surface area (Å²) in [6, 6.07) is 4.56. The molecule has 1 aromatic rings. The number of rotatable bonds is 21. The molecule has 3 aliphatic rings. The first-order valence-corrected chi connectivity index (χ1v) is 30.4. The molecule has 5 nitrogen and oxygen atoms in total. The van der Waals surface area contributed by atoms with E-state index in [0.717, 1.165) is 101 Å². The number of benzene rings is 1. The minimum atomic E-state index is -0.497. The molecule has 1 saturated carbocycles. The Bertz CT molecular complexity index is 1190. The number of hydrogen-bond donors (Lipinski definition) is 1. The van der Waals surface area contributed by atoms with E-state index in [1.54, 1.807) is 17.2 Å². The minimum Gasteiger partial charge on any atom is -0.497 e. The summed E-state index contributed by atoms with van der Waals surface area (Å²) >= 11 is 0. The van der Waals surface area contributed by atoms with Gasteiger partial charge in [0.2, 0.25) is 6.41 Å². The van der Waals surface area contributed by atoms with Crippen molar-refractivity contribution >= 4 is 12.7 Å². The Morgan fingerprint density at radius 3 is 1.52 bits per heavy atom. The molecule has 0 radical (unpaired) electrons. The van der Waals surface area contributed by atoms with Crippen LogP contribution in [0.3, 0.4) is 0 Å². The second-order valence-electron chi connectivity index (χ2n) is 21.0. The number of carbonyl (C=O) groups is 2. The van der Waals surface area contributed by atoms with Crippen LogP contribution in [0.25, 0.3) is 0 Å². The van der Waals surface area contributed by atoms with Crippen LogP contribution in [0.5, 0.6) is 0 Å². The molecule has 4 rings (SSSR count). The van der Waals surface area contributed by atoms with Crippen LogP contribution in [0, 0.1) is 78.4 Å². The standard InChI is InChI=1S/C15H22F2.C10H18N.C8H18.C7H16.2C6H12O.C5H9NO.C4H10.2C2H6.U/c1-4-11(3)6-7-12(5-2)14-9-8-13(16)10-15(14)17;1-4-11-9-5-7-10(2,3)8-6-9;1-3-5-7-8-6-4-2;1-5-7(4)6(2)3;1-6-2-4-7-5-3-6;1-2-3-4-5-6-7;7-5-6-3-1-2-4-6;1-3-4-2;2*1-2;/h8-12H,4-7H2,1-3H3;1,4,9,11H,5-8H2,2-3H3;3-8H2,1-2H3;6-7H,5H2,1-4H3;2*6H,2-5H2,1H3;5H,1-4H2;3-4H2,1-2H3;2*1-2H3;/q;-1;;;;;;;;;. The van der Waals surface area contributed by atoms with Gasteiger partial charge < -0.3 is 26.3 Å². The van der Waals surface area contributed by atoms with Crippen LogP contribution in [0.4, 0.5) is 8.78 Å². The first kappa shape index (κ1) is 85.7. The van der Waals surface area contributed by atoms with Gasteiger partial charge in [0, 0.05) is 75.9 Å². The van der Waals surface area contributed by atoms with Crippen molar-refractivity contribution in [2.45, 2.75) is 304 Å². The summed E-state index contributed by atoms with van der Waals surface area (Å²) in [6.45, 7) is 50.7. The summed E-state index contributed by atoms with van der Waals surface area (Å²) in [5.41, 5.74) is 1.23. The van der Waals surface area contributed by atoms with Crippen LogP contribution in [0.15, 0.2) is 24.4 Å². The zero-order chi connectivity index (χ0) is 56.4. The Morgan fingerprint density at radius 1 is 0.712 bits per heavy atom. The Labute approximate surface area is 481 Å². The van der Waals surface area contributed by atoms with E-state index < -0.39 is 11.6 Å². The van der Waals surface area contributed by atoms with Crippen molar-refractivity contribution in [3.05, 3.63) is 48.2 Å². The van der Waals surface area contributed by atoms with Crippen molar-refractivity contribution in [3.8, 4) is 0 Å². The first-order valence-electron chi connectivity index (χ1n) is 30.4. The van der Waals surface area contributed by atoms with Crippen molar-refractivity contribution < 1.29 is 54.2 Å². The summed E-state index contributed by atoms with van der Waals surface area (Å²) in [7, 11) is 0. The molecular formula is C65H129F2N2O3U-. The van der Waals surface area contributed by atoms with Crippen molar-refractivity contribution in [1.29, 1.82) is 0 Å². The number of nitrogens with zero attached hydrogens (tertiary/aromatic N) is 1. The molecule has 0 spiro atoms. The third-order valence-corrected chi connectivity index (χ3v) is 13.7. The number of halogens is 2. The van der Waals surface area contributed by atoms with Gasteiger partial charge in [-0.1, -0.05) is 221 Å². The van der Waals surface area contributed by atoms with E-state index in [1.165, 1.54) is 128 Å². The maximum absolute atomic E-state index is 13.7. The number of likely N-dealkylation sites (tertiary alicyclic amines) is 1. The summed E-state index contributed by atoms with van der Waals surface area (Å²) in [4.78, 5) is 21.4. The Hall–Kier alpha value is -1.23. The van der Waals surface area contributed by atoms with Crippen LogP contribution in [-0.4, -0.2) is 49.9 Å². The fourth-order valence-corrected chi connectivity index (χ4v) is 7.27. The van der Waals surface area contributed by atoms with Crippen LogP contribution in [0.2, 0.25) is 0 Å². The Balaban J connectivity index is -0.000000139. The number of unbranched alkanes of at least 4 members (excludes halogenated alkanes) is 9. The molecule has 8 heteroatoms. The van der Waals surface area contributed by atoms with E-state index in [1.807, 2.05) is 27.7 Å². The van der Waals surface area contributed by atoms with Crippen LogP contribution < -0.4 is 5.32 Å². The van der Waals surface area contributed by atoms with Crippen molar-refractivity contribution in [3.63, 3.8) is 0 Å². The summed E-state index contributed by atoms with van der Waals surface area (Å²) in [5.74, 6) is 2.67. The fourth-order valence-electron chi connectivity index (χ4n) is 7.27. The zero-order valence-electron chi connectivity index (χ0n) is 52.4. The van der Waals surface area contributed by atoms with Crippen molar-refractivity contribution in [1.82, 2.24) is 10.2 Å². The van der Waals surface area contributed by atoms with Gasteiger partial charge >= 0.3 is 0 Å². The number of ether oxygens (including phenoxy) is 1. The van der Waals surface area contributed by atoms with E-state index in [0.29, 0.717) is 22.9 Å². The molecule has 3 atom stereocenters. The molecule has 73 heavy (non-hydrogen) atoms. The Kier molecular flexibility index (Phi) is 78.5. The maximum Gasteiger partial charge on any atom is 0.209 e. The SMILES string of the molecule is CC.CC.CC1CCOCC1.CCC(C)C(C)C.CCC(C)CCC(CC)c1ccc(F)cc1F.CCCC.CCCCCC=O.CCCCCCCC.O=CN1CCCC1.[CH-]=CNC1CCC(C)(C)CC1.[U]. The van der Waals surface area contributed by atoms with Gasteiger partial charge in [-0.15, -0.1) is 0 Å². The average Bonchev–Trinajstić information content (AvgIpc) is 3.94. The van der Waals surface area contributed by atoms with Gasteiger partial charge in [-0.05, 0) is 117 Å². The summed E-state index contributed by atoms with van der Waals surface area (Å²) in [6.07, 6.45) is 34.4. The molecule has 0 aromatic heterocycles. The van der Waals surface area contributed by atoms with Gasteiger partial charge in [-0.25, -0.2) is 8.78 Å². The molecule has 1 N–H and O–H groups in total. The van der Waals surface area contributed by atoms with Crippen molar-refractivity contribution in [2.75, 3.05) is 26.3 Å². The van der Waals surface area contributed by atoms with E-state index >= 15 is 0 Å².